The van der Waals surface area contributed by atoms with Gasteiger partial charge in [0.15, 0.2) is 5.96 Å². The Labute approximate surface area is 173 Å². The van der Waals surface area contributed by atoms with Gasteiger partial charge in [0.25, 0.3) is 0 Å². The van der Waals surface area contributed by atoms with Gasteiger partial charge < -0.3 is 20.7 Å². The summed E-state index contributed by atoms with van der Waals surface area (Å²) in [6.45, 7) is 5.19. The number of carbonyl (C=O) groups is 1. The summed E-state index contributed by atoms with van der Waals surface area (Å²) < 4.78 is 5.61. The summed E-state index contributed by atoms with van der Waals surface area (Å²) in [6.07, 6.45) is 2.47. The van der Waals surface area contributed by atoms with Gasteiger partial charge in [0.05, 0.1) is 6.54 Å². The van der Waals surface area contributed by atoms with Crippen LogP contribution in [-0.4, -0.2) is 50.1 Å². The van der Waals surface area contributed by atoms with Crippen LogP contribution in [0.2, 0.25) is 0 Å². The van der Waals surface area contributed by atoms with E-state index < -0.39 is 0 Å². The maximum Gasteiger partial charge on any atom is 0.217 e. The number of hydrogen-bond donors (Lipinski definition) is 2. The standard InChI is InChI=1S/C19H30N4O2.HI/c1-3-21-19(23-11-7-8-15(14-23)12-18(20)24)22-13-17(25-2)16-9-5-4-6-10-16;/h4-6,9-10,15,17H,3,7-8,11-14H2,1-2H3,(H2,20,24)(H,21,22);1H. The fraction of sp³-hybridized carbons (Fsp3) is 0.579. The highest BCUT2D eigenvalue weighted by Gasteiger charge is 2.23. The van der Waals surface area contributed by atoms with E-state index in [4.69, 9.17) is 15.5 Å². The molecule has 26 heavy (non-hydrogen) atoms. The summed E-state index contributed by atoms with van der Waals surface area (Å²) in [5.41, 5.74) is 6.48. The third-order valence-corrected chi connectivity index (χ3v) is 4.51. The molecule has 6 nitrogen and oxygen atoms in total. The van der Waals surface area contributed by atoms with Crippen molar-refractivity contribution in [1.82, 2.24) is 10.2 Å². The van der Waals surface area contributed by atoms with Gasteiger partial charge in [-0.05, 0) is 31.2 Å². The van der Waals surface area contributed by atoms with Crippen LogP contribution in [0, 0.1) is 5.92 Å². The number of primary amides is 1. The average Bonchev–Trinajstić information content (AvgIpc) is 2.62. The molecule has 0 radical (unpaired) electrons. The van der Waals surface area contributed by atoms with Crippen molar-refractivity contribution in [3.05, 3.63) is 35.9 Å². The molecule has 146 valence electrons. The highest BCUT2D eigenvalue weighted by molar-refractivity contribution is 14.0. The molecule has 0 aliphatic carbocycles. The van der Waals surface area contributed by atoms with E-state index in [0.717, 1.165) is 44.0 Å². The number of benzene rings is 1. The predicted octanol–water partition coefficient (Wildman–Crippen LogP) is 2.55. The molecule has 1 fully saturated rings. The molecule has 2 atom stereocenters. The van der Waals surface area contributed by atoms with Crippen molar-refractivity contribution in [2.75, 3.05) is 33.3 Å². The van der Waals surface area contributed by atoms with E-state index in [1.54, 1.807) is 7.11 Å². The number of nitrogens with one attached hydrogen (secondary N) is 1. The first-order valence-electron chi connectivity index (χ1n) is 9.03. The molecular weight excluding hydrogens is 443 g/mol. The second-order valence-corrected chi connectivity index (χ2v) is 6.45. The Kier molecular flexibility index (Phi) is 10.6. The number of rotatable bonds is 7. The zero-order valence-electron chi connectivity index (χ0n) is 15.7. The minimum atomic E-state index is -0.225. The van der Waals surface area contributed by atoms with Gasteiger partial charge in [0.1, 0.15) is 6.10 Å². The third kappa shape index (κ3) is 7.11. The maximum absolute atomic E-state index is 11.2. The Morgan fingerprint density at radius 3 is 2.77 bits per heavy atom. The lowest BCUT2D eigenvalue weighted by Crippen LogP contribution is -2.47. The molecular formula is C19H31IN4O2. The molecule has 0 spiro atoms. The van der Waals surface area contributed by atoms with Crippen molar-refractivity contribution < 1.29 is 9.53 Å². The summed E-state index contributed by atoms with van der Waals surface area (Å²) in [6, 6.07) is 10.1. The molecule has 2 rings (SSSR count). The van der Waals surface area contributed by atoms with Crippen molar-refractivity contribution in [2.24, 2.45) is 16.6 Å². The number of methoxy groups -OCH3 is 1. The molecule has 0 bridgehead atoms. The van der Waals surface area contributed by atoms with Crippen LogP contribution in [0.15, 0.2) is 35.3 Å². The molecule has 0 aromatic heterocycles. The van der Waals surface area contributed by atoms with E-state index in [1.807, 2.05) is 18.2 Å². The Hall–Kier alpha value is -1.35. The molecule has 1 aromatic rings. The van der Waals surface area contributed by atoms with E-state index in [-0.39, 0.29) is 36.0 Å². The quantitative estimate of drug-likeness (QED) is 0.362. The van der Waals surface area contributed by atoms with Gasteiger partial charge in [-0.1, -0.05) is 30.3 Å². The van der Waals surface area contributed by atoms with Crippen LogP contribution >= 0.6 is 24.0 Å². The number of nitrogens with two attached hydrogens (primary N) is 1. The van der Waals surface area contributed by atoms with Crippen LogP contribution < -0.4 is 11.1 Å². The first-order chi connectivity index (χ1) is 12.1. The van der Waals surface area contributed by atoms with Crippen molar-refractivity contribution in [1.29, 1.82) is 0 Å². The van der Waals surface area contributed by atoms with Gasteiger partial charge >= 0.3 is 0 Å². The van der Waals surface area contributed by atoms with Gasteiger partial charge in [0.2, 0.25) is 5.91 Å². The molecule has 1 aliphatic heterocycles. The number of carbonyl (C=O) groups excluding carboxylic acids is 1. The Bertz CT molecular complexity index is 568. The summed E-state index contributed by atoms with van der Waals surface area (Å²) in [4.78, 5) is 18.2. The molecule has 1 saturated heterocycles. The van der Waals surface area contributed by atoms with Crippen molar-refractivity contribution in [3.63, 3.8) is 0 Å². The SMILES string of the molecule is CCNC(=NCC(OC)c1ccccc1)N1CCCC(CC(N)=O)C1.I. The second-order valence-electron chi connectivity index (χ2n) is 6.45. The Balaban J connectivity index is 0.00000338. The maximum atomic E-state index is 11.2. The van der Waals surface area contributed by atoms with E-state index in [2.05, 4.69) is 29.3 Å². The fourth-order valence-electron chi connectivity index (χ4n) is 3.29. The van der Waals surface area contributed by atoms with Gasteiger partial charge in [-0.15, -0.1) is 24.0 Å². The summed E-state index contributed by atoms with van der Waals surface area (Å²) >= 11 is 0. The van der Waals surface area contributed by atoms with Crippen LogP contribution in [0.1, 0.15) is 37.9 Å². The number of piperidine rings is 1. The molecule has 1 heterocycles. The summed E-state index contributed by atoms with van der Waals surface area (Å²) in [5.74, 6) is 0.967. The van der Waals surface area contributed by atoms with Crippen LogP contribution in [0.25, 0.3) is 0 Å². The van der Waals surface area contributed by atoms with Crippen LogP contribution in [-0.2, 0) is 9.53 Å². The number of likely N-dealkylation sites (tertiary alicyclic amines) is 1. The smallest absolute Gasteiger partial charge is 0.217 e. The van der Waals surface area contributed by atoms with E-state index >= 15 is 0 Å². The monoisotopic (exact) mass is 474 g/mol. The summed E-state index contributed by atoms with van der Waals surface area (Å²) in [7, 11) is 1.71. The fourth-order valence-corrected chi connectivity index (χ4v) is 3.29. The number of hydrogen-bond acceptors (Lipinski definition) is 3. The largest absolute Gasteiger partial charge is 0.375 e. The van der Waals surface area contributed by atoms with E-state index in [0.29, 0.717) is 18.9 Å². The first kappa shape index (κ1) is 22.7. The highest BCUT2D eigenvalue weighted by Crippen LogP contribution is 2.20. The first-order valence-corrected chi connectivity index (χ1v) is 9.03. The second kappa shape index (κ2) is 12.1. The Morgan fingerprint density at radius 2 is 2.15 bits per heavy atom. The minimum Gasteiger partial charge on any atom is -0.375 e. The van der Waals surface area contributed by atoms with Crippen molar-refractivity contribution in [2.45, 2.75) is 32.3 Å². The van der Waals surface area contributed by atoms with E-state index in [1.165, 1.54) is 0 Å². The van der Waals surface area contributed by atoms with Gasteiger partial charge in [-0.25, -0.2) is 0 Å². The number of guanidine groups is 1. The van der Waals surface area contributed by atoms with Gasteiger partial charge in [-0.2, -0.15) is 0 Å². The van der Waals surface area contributed by atoms with E-state index in [9.17, 15) is 4.79 Å². The Morgan fingerprint density at radius 1 is 1.42 bits per heavy atom. The van der Waals surface area contributed by atoms with Gasteiger partial charge in [-0.3, -0.25) is 9.79 Å². The minimum absolute atomic E-state index is 0. The highest BCUT2D eigenvalue weighted by atomic mass is 127. The van der Waals surface area contributed by atoms with Crippen molar-refractivity contribution in [3.8, 4) is 0 Å². The van der Waals surface area contributed by atoms with Crippen LogP contribution in [0.3, 0.4) is 0 Å². The number of nitrogens with zero attached hydrogens (tertiary/aromatic N) is 2. The lowest BCUT2D eigenvalue weighted by Gasteiger charge is -2.34. The molecule has 0 saturated carbocycles. The van der Waals surface area contributed by atoms with Crippen molar-refractivity contribution >= 4 is 35.8 Å². The normalized spacial score (nSPS) is 18.8. The average molecular weight is 474 g/mol. The lowest BCUT2D eigenvalue weighted by atomic mass is 9.95. The predicted molar refractivity (Wildman–Crippen MR) is 116 cm³/mol. The topological polar surface area (TPSA) is 80.0 Å². The molecule has 1 aliphatic rings. The third-order valence-electron chi connectivity index (χ3n) is 4.51. The zero-order chi connectivity index (χ0) is 18.1. The molecule has 7 heteroatoms. The number of aliphatic imine (C=N–C) groups is 1. The zero-order valence-corrected chi connectivity index (χ0v) is 18.0. The molecule has 1 amide bonds. The van der Waals surface area contributed by atoms with Crippen LogP contribution in [0.5, 0.6) is 0 Å². The number of halogens is 1. The van der Waals surface area contributed by atoms with Crippen LogP contribution in [0.4, 0.5) is 0 Å². The summed E-state index contributed by atoms with van der Waals surface area (Å²) in [5, 5.41) is 3.36. The molecule has 2 unspecified atom stereocenters. The van der Waals surface area contributed by atoms with Gasteiger partial charge in [0, 0.05) is 33.2 Å². The number of amides is 1. The lowest BCUT2D eigenvalue weighted by molar-refractivity contribution is -0.119. The number of ether oxygens (including phenoxy) is 1. The molecule has 3 N–H and O–H groups in total. The molecule has 1 aromatic carbocycles.